The average molecular weight is 240 g/mol. The Hall–Kier alpha value is -1.57. The number of carbonyl (C=O) groups excluding carboxylic acids is 2. The van der Waals surface area contributed by atoms with Crippen LogP contribution < -0.4 is 0 Å². The maximum atomic E-state index is 11.9. The van der Waals surface area contributed by atoms with Gasteiger partial charge in [-0.2, -0.15) is 5.26 Å². The monoisotopic (exact) mass is 240 g/mol. The van der Waals surface area contributed by atoms with Gasteiger partial charge in [-0.3, -0.25) is 9.59 Å². The van der Waals surface area contributed by atoms with Crippen molar-refractivity contribution in [1.82, 2.24) is 4.90 Å². The number of rotatable bonds is 7. The molecule has 96 valence electrons. The van der Waals surface area contributed by atoms with E-state index in [0.717, 1.165) is 6.42 Å². The van der Waals surface area contributed by atoms with E-state index in [4.69, 9.17) is 10.00 Å². The van der Waals surface area contributed by atoms with Crippen LogP contribution in [0.25, 0.3) is 0 Å². The smallest absolute Gasteiger partial charge is 0.325 e. The molecule has 1 atom stereocenters. The summed E-state index contributed by atoms with van der Waals surface area (Å²) in [6, 6.07) is 1.95. The number of carbonyl (C=O) groups is 2. The van der Waals surface area contributed by atoms with E-state index in [1.54, 1.807) is 13.8 Å². The summed E-state index contributed by atoms with van der Waals surface area (Å²) in [5.41, 5.74) is 0. The summed E-state index contributed by atoms with van der Waals surface area (Å²) >= 11 is 0. The summed E-state index contributed by atoms with van der Waals surface area (Å²) in [6.45, 7) is 6.10. The second-order valence-electron chi connectivity index (χ2n) is 3.65. The molecule has 0 aromatic rings. The topological polar surface area (TPSA) is 70.4 Å². The number of esters is 1. The fourth-order valence-corrected chi connectivity index (χ4v) is 1.44. The quantitative estimate of drug-likeness (QED) is 0.629. The van der Waals surface area contributed by atoms with E-state index in [9.17, 15) is 9.59 Å². The summed E-state index contributed by atoms with van der Waals surface area (Å²) in [5.74, 6) is -1.39. The molecule has 0 radical (unpaired) electrons. The SMILES string of the molecule is CCCN(CC(=O)OCC)C(=O)C(C#N)CC. The standard InChI is InChI=1S/C12H20N2O3/c1-4-7-14(9-11(15)17-6-3)12(16)10(5-2)8-13/h10H,4-7,9H2,1-3H3. The lowest BCUT2D eigenvalue weighted by atomic mass is 10.1. The zero-order chi connectivity index (χ0) is 13.3. The van der Waals surface area contributed by atoms with Crippen LogP contribution >= 0.6 is 0 Å². The maximum absolute atomic E-state index is 11.9. The molecule has 0 aromatic carbocycles. The Morgan fingerprint density at radius 2 is 2.00 bits per heavy atom. The van der Waals surface area contributed by atoms with Gasteiger partial charge in [0, 0.05) is 6.54 Å². The van der Waals surface area contributed by atoms with Crippen molar-refractivity contribution in [2.24, 2.45) is 5.92 Å². The third kappa shape index (κ3) is 5.34. The number of nitrogens with zero attached hydrogens (tertiary/aromatic N) is 2. The molecular weight excluding hydrogens is 220 g/mol. The molecule has 0 spiro atoms. The van der Waals surface area contributed by atoms with E-state index >= 15 is 0 Å². The zero-order valence-corrected chi connectivity index (χ0v) is 10.7. The van der Waals surface area contributed by atoms with Gasteiger partial charge in [0.15, 0.2) is 0 Å². The first-order valence-electron chi connectivity index (χ1n) is 5.94. The minimum Gasteiger partial charge on any atom is -0.465 e. The molecule has 0 bridgehead atoms. The number of hydrogen-bond donors (Lipinski definition) is 0. The highest BCUT2D eigenvalue weighted by molar-refractivity contribution is 5.85. The summed E-state index contributed by atoms with van der Waals surface area (Å²) in [6.07, 6.45) is 1.20. The van der Waals surface area contributed by atoms with E-state index in [1.165, 1.54) is 4.90 Å². The molecule has 0 heterocycles. The van der Waals surface area contributed by atoms with Gasteiger partial charge in [0.1, 0.15) is 12.5 Å². The van der Waals surface area contributed by atoms with E-state index in [-0.39, 0.29) is 12.5 Å². The van der Waals surface area contributed by atoms with Gasteiger partial charge < -0.3 is 9.64 Å². The molecule has 0 aliphatic carbocycles. The highest BCUT2D eigenvalue weighted by Gasteiger charge is 2.24. The van der Waals surface area contributed by atoms with Crippen LogP contribution in [0.4, 0.5) is 0 Å². The normalized spacial score (nSPS) is 11.4. The van der Waals surface area contributed by atoms with Crippen molar-refractivity contribution in [3.05, 3.63) is 0 Å². The Bertz CT molecular complexity index is 297. The minimum absolute atomic E-state index is 0.0707. The molecule has 5 nitrogen and oxygen atoms in total. The predicted octanol–water partition coefficient (Wildman–Crippen LogP) is 1.34. The molecule has 0 fully saturated rings. The molecule has 0 saturated heterocycles. The average Bonchev–Trinajstić information content (AvgIpc) is 2.30. The molecule has 5 heteroatoms. The highest BCUT2D eigenvalue weighted by atomic mass is 16.5. The molecule has 0 aliphatic rings. The second-order valence-corrected chi connectivity index (χ2v) is 3.65. The Morgan fingerprint density at radius 3 is 2.41 bits per heavy atom. The van der Waals surface area contributed by atoms with Crippen molar-refractivity contribution in [2.75, 3.05) is 19.7 Å². The van der Waals surface area contributed by atoms with Gasteiger partial charge in [-0.15, -0.1) is 0 Å². The molecule has 1 amide bonds. The van der Waals surface area contributed by atoms with Crippen LogP contribution in [-0.2, 0) is 14.3 Å². The lowest BCUT2D eigenvalue weighted by Crippen LogP contribution is -2.40. The van der Waals surface area contributed by atoms with Gasteiger partial charge in [-0.25, -0.2) is 0 Å². The first kappa shape index (κ1) is 15.4. The van der Waals surface area contributed by atoms with Gasteiger partial charge >= 0.3 is 5.97 Å². The van der Waals surface area contributed by atoms with Crippen molar-refractivity contribution in [1.29, 1.82) is 5.26 Å². The van der Waals surface area contributed by atoms with Gasteiger partial charge in [0.2, 0.25) is 5.91 Å². The summed E-state index contributed by atoms with van der Waals surface area (Å²) in [7, 11) is 0. The summed E-state index contributed by atoms with van der Waals surface area (Å²) in [5, 5.41) is 8.84. The van der Waals surface area contributed by atoms with Crippen LogP contribution in [0.15, 0.2) is 0 Å². The summed E-state index contributed by atoms with van der Waals surface area (Å²) in [4.78, 5) is 24.7. The molecule has 0 aromatic heterocycles. The molecule has 0 rings (SSSR count). The Kier molecular flexibility index (Phi) is 7.78. The van der Waals surface area contributed by atoms with E-state index < -0.39 is 11.9 Å². The van der Waals surface area contributed by atoms with Crippen LogP contribution in [0.5, 0.6) is 0 Å². The van der Waals surface area contributed by atoms with Crippen molar-refractivity contribution in [3.63, 3.8) is 0 Å². The number of ether oxygens (including phenoxy) is 1. The maximum Gasteiger partial charge on any atom is 0.325 e. The Balaban J connectivity index is 4.56. The van der Waals surface area contributed by atoms with Crippen molar-refractivity contribution >= 4 is 11.9 Å². The molecular formula is C12H20N2O3. The Morgan fingerprint density at radius 1 is 1.35 bits per heavy atom. The molecule has 0 N–H and O–H groups in total. The van der Waals surface area contributed by atoms with Crippen LogP contribution in [0.3, 0.4) is 0 Å². The molecule has 0 saturated carbocycles. The van der Waals surface area contributed by atoms with Crippen LogP contribution in [-0.4, -0.2) is 36.5 Å². The van der Waals surface area contributed by atoms with Gasteiger partial charge in [0.25, 0.3) is 0 Å². The first-order chi connectivity index (χ1) is 8.10. The van der Waals surface area contributed by atoms with E-state index in [0.29, 0.717) is 19.6 Å². The third-order valence-corrected chi connectivity index (χ3v) is 2.29. The fraction of sp³-hybridized carbons (Fsp3) is 0.750. The number of amides is 1. The zero-order valence-electron chi connectivity index (χ0n) is 10.7. The first-order valence-corrected chi connectivity index (χ1v) is 5.94. The van der Waals surface area contributed by atoms with Crippen LogP contribution in [0.2, 0.25) is 0 Å². The third-order valence-electron chi connectivity index (χ3n) is 2.29. The van der Waals surface area contributed by atoms with Gasteiger partial charge in [0.05, 0.1) is 12.7 Å². The molecule has 17 heavy (non-hydrogen) atoms. The van der Waals surface area contributed by atoms with Gasteiger partial charge in [-0.1, -0.05) is 13.8 Å². The Labute approximate surface area is 102 Å². The van der Waals surface area contributed by atoms with Crippen molar-refractivity contribution in [3.8, 4) is 6.07 Å². The second kappa shape index (κ2) is 8.57. The van der Waals surface area contributed by atoms with Crippen LogP contribution in [0.1, 0.15) is 33.6 Å². The van der Waals surface area contributed by atoms with Crippen LogP contribution in [0, 0.1) is 17.2 Å². The van der Waals surface area contributed by atoms with Gasteiger partial charge in [-0.05, 0) is 19.8 Å². The number of nitriles is 1. The lowest BCUT2D eigenvalue weighted by Gasteiger charge is -2.22. The van der Waals surface area contributed by atoms with Crippen molar-refractivity contribution in [2.45, 2.75) is 33.6 Å². The number of hydrogen-bond acceptors (Lipinski definition) is 4. The highest BCUT2D eigenvalue weighted by Crippen LogP contribution is 2.07. The fourth-order valence-electron chi connectivity index (χ4n) is 1.44. The molecule has 0 aliphatic heterocycles. The predicted molar refractivity (Wildman–Crippen MR) is 62.9 cm³/mol. The lowest BCUT2D eigenvalue weighted by molar-refractivity contribution is -0.149. The van der Waals surface area contributed by atoms with E-state index in [1.807, 2.05) is 13.0 Å². The molecule has 1 unspecified atom stereocenters. The summed E-state index contributed by atoms with van der Waals surface area (Å²) < 4.78 is 4.80. The van der Waals surface area contributed by atoms with E-state index in [2.05, 4.69) is 0 Å². The minimum atomic E-state index is -0.670. The van der Waals surface area contributed by atoms with Crippen molar-refractivity contribution < 1.29 is 14.3 Å². The largest absolute Gasteiger partial charge is 0.465 e.